The van der Waals surface area contributed by atoms with Crippen molar-refractivity contribution in [2.24, 2.45) is 5.92 Å². The maximum Gasteiger partial charge on any atom is 0.498 e. The van der Waals surface area contributed by atoms with Gasteiger partial charge in [0.2, 0.25) is 11.9 Å². The maximum absolute atomic E-state index is 13.6. The van der Waals surface area contributed by atoms with E-state index in [0.29, 0.717) is 25.1 Å². The second-order valence-electron chi connectivity index (χ2n) is 13.5. The summed E-state index contributed by atoms with van der Waals surface area (Å²) in [6.45, 7) is 18.6. The predicted molar refractivity (Wildman–Crippen MR) is 151 cm³/mol. The fourth-order valence-corrected chi connectivity index (χ4v) is 5.07. The number of ether oxygens (including phenoxy) is 1. The van der Waals surface area contributed by atoms with E-state index in [9.17, 15) is 9.59 Å². The Morgan fingerprint density at radius 3 is 2.18 bits per heavy atom. The van der Waals surface area contributed by atoms with Gasteiger partial charge in [0.25, 0.3) is 0 Å². The van der Waals surface area contributed by atoms with E-state index in [2.05, 4.69) is 10.2 Å². The Labute approximate surface area is 233 Å². The molecule has 3 heterocycles. The molecule has 10 nitrogen and oxygen atoms in total. The van der Waals surface area contributed by atoms with Crippen molar-refractivity contribution in [3.05, 3.63) is 12.4 Å². The maximum atomic E-state index is 13.6. The van der Waals surface area contributed by atoms with Gasteiger partial charge in [0, 0.05) is 43.0 Å². The van der Waals surface area contributed by atoms with Crippen molar-refractivity contribution < 1.29 is 23.6 Å². The molecule has 2 atom stereocenters. The molecular weight excluding hydrogens is 497 g/mol. The van der Waals surface area contributed by atoms with Gasteiger partial charge < -0.3 is 29.2 Å². The molecule has 1 aromatic heterocycles. The van der Waals surface area contributed by atoms with Gasteiger partial charge in [-0.15, -0.1) is 0 Å². The van der Waals surface area contributed by atoms with E-state index in [4.69, 9.17) is 24.0 Å². The van der Waals surface area contributed by atoms with Crippen LogP contribution in [0.15, 0.2) is 12.4 Å². The zero-order chi connectivity index (χ0) is 28.8. The Morgan fingerprint density at radius 2 is 1.67 bits per heavy atom. The minimum Gasteiger partial charge on any atom is -0.444 e. The molecule has 0 radical (unpaired) electrons. The largest absolute Gasteiger partial charge is 0.498 e. The predicted octanol–water partition coefficient (Wildman–Crippen LogP) is 3.28. The summed E-state index contributed by atoms with van der Waals surface area (Å²) < 4.78 is 17.7. The molecule has 1 aromatic rings. The topological polar surface area (TPSA) is 106 Å². The lowest BCUT2D eigenvalue weighted by atomic mass is 9.81. The minimum absolute atomic E-state index is 0.0733. The first-order valence-electron chi connectivity index (χ1n) is 14.3. The molecule has 216 valence electrons. The van der Waals surface area contributed by atoms with Gasteiger partial charge in [0.1, 0.15) is 11.6 Å². The summed E-state index contributed by atoms with van der Waals surface area (Å²) in [4.78, 5) is 39.7. The van der Waals surface area contributed by atoms with E-state index >= 15 is 0 Å². The van der Waals surface area contributed by atoms with Gasteiger partial charge in [0.05, 0.1) is 11.2 Å². The number of carbonyl (C=O) groups excluding carboxylic acids is 2. The van der Waals surface area contributed by atoms with Crippen molar-refractivity contribution in [3.8, 4) is 0 Å². The van der Waals surface area contributed by atoms with Crippen LogP contribution >= 0.6 is 0 Å². The molecule has 2 aliphatic heterocycles. The SMILES string of the molecule is CC(C)[C@@H](NC(=O)OC(C)(C)C)C(=O)N1CCC[C@@H](N(c2ncc(B3OC(C)(C)C(C)(C)O3)cn2)C2CC2)C1. The van der Waals surface area contributed by atoms with Gasteiger partial charge in [-0.1, -0.05) is 13.8 Å². The smallest absolute Gasteiger partial charge is 0.444 e. The first-order chi connectivity index (χ1) is 18.1. The number of likely N-dealkylation sites (tertiary alicyclic amines) is 1. The summed E-state index contributed by atoms with van der Waals surface area (Å²) in [5.41, 5.74) is -0.698. The van der Waals surface area contributed by atoms with Crippen LogP contribution in [0.2, 0.25) is 0 Å². The number of rotatable bonds is 7. The van der Waals surface area contributed by atoms with Crippen LogP contribution in [-0.2, 0) is 18.8 Å². The van der Waals surface area contributed by atoms with E-state index in [1.54, 1.807) is 12.4 Å². The normalized spacial score (nSPS) is 23.5. The number of anilines is 1. The lowest BCUT2D eigenvalue weighted by molar-refractivity contribution is -0.135. The Bertz CT molecular complexity index is 1020. The van der Waals surface area contributed by atoms with E-state index in [1.165, 1.54) is 0 Å². The van der Waals surface area contributed by atoms with Crippen LogP contribution in [0, 0.1) is 5.92 Å². The zero-order valence-electron chi connectivity index (χ0n) is 25.1. The third kappa shape index (κ3) is 6.85. The number of piperidine rings is 1. The van der Waals surface area contributed by atoms with Gasteiger partial charge in [-0.2, -0.15) is 0 Å². The summed E-state index contributed by atoms with van der Waals surface area (Å²) in [6, 6.07) is -0.177. The molecule has 4 rings (SSSR count). The molecule has 0 aromatic carbocycles. The Morgan fingerprint density at radius 1 is 1.08 bits per heavy atom. The molecule has 3 fully saturated rings. The lowest BCUT2D eigenvalue weighted by Crippen LogP contribution is -2.57. The number of alkyl carbamates (subject to hydrolysis) is 1. The molecule has 11 heteroatoms. The minimum atomic E-state index is -0.650. The van der Waals surface area contributed by atoms with E-state index in [-0.39, 0.29) is 17.9 Å². The van der Waals surface area contributed by atoms with Crippen molar-refractivity contribution >= 4 is 30.5 Å². The monoisotopic (exact) mass is 543 g/mol. The summed E-state index contributed by atoms with van der Waals surface area (Å²) in [6.07, 6.45) is 7.02. The summed E-state index contributed by atoms with van der Waals surface area (Å²) >= 11 is 0. The van der Waals surface area contributed by atoms with Crippen molar-refractivity contribution in [3.63, 3.8) is 0 Å². The third-order valence-corrected chi connectivity index (χ3v) is 8.06. The first-order valence-corrected chi connectivity index (χ1v) is 14.3. The van der Waals surface area contributed by atoms with Crippen LogP contribution in [0.25, 0.3) is 0 Å². The van der Waals surface area contributed by atoms with Gasteiger partial charge in [0.15, 0.2) is 0 Å². The van der Waals surface area contributed by atoms with Gasteiger partial charge in [-0.05, 0) is 80.1 Å². The molecular formula is C28H46BN5O5. The van der Waals surface area contributed by atoms with Crippen molar-refractivity contribution in [2.45, 2.75) is 123 Å². The second kappa shape index (κ2) is 10.9. The van der Waals surface area contributed by atoms with Crippen molar-refractivity contribution in [2.75, 3.05) is 18.0 Å². The standard InChI is InChI=1S/C28H46BN5O5/c1-18(2)22(32-25(36)37-26(3,4)5)23(35)33-14-10-11-21(17-33)34(20-12-13-20)24-30-15-19(16-31-24)29-38-27(6,7)28(8,9)39-29/h15-16,18,20-22H,10-14,17H2,1-9H3,(H,32,36)/t21-,22-/m1/s1. The summed E-state index contributed by atoms with van der Waals surface area (Å²) in [5.74, 6) is 0.522. The van der Waals surface area contributed by atoms with E-state index in [0.717, 1.165) is 31.1 Å². The number of hydrogen-bond donors (Lipinski definition) is 1. The average Bonchev–Trinajstić information content (AvgIpc) is 3.62. The van der Waals surface area contributed by atoms with Gasteiger partial charge >= 0.3 is 13.2 Å². The van der Waals surface area contributed by atoms with E-state index < -0.39 is 36.1 Å². The highest BCUT2D eigenvalue weighted by atomic mass is 16.7. The van der Waals surface area contributed by atoms with Crippen LogP contribution in [0.4, 0.5) is 10.7 Å². The molecule has 0 bridgehead atoms. The fraction of sp³-hybridized carbons (Fsp3) is 0.786. The number of nitrogens with one attached hydrogen (secondary N) is 1. The lowest BCUT2D eigenvalue weighted by Gasteiger charge is -2.41. The van der Waals surface area contributed by atoms with Crippen molar-refractivity contribution in [1.82, 2.24) is 20.2 Å². The molecule has 1 saturated carbocycles. The molecule has 1 aliphatic carbocycles. The van der Waals surface area contributed by atoms with Gasteiger partial charge in [-0.3, -0.25) is 4.79 Å². The molecule has 0 unspecified atom stereocenters. The molecule has 2 amide bonds. The zero-order valence-corrected chi connectivity index (χ0v) is 25.1. The quantitative estimate of drug-likeness (QED) is 0.523. The Hall–Kier alpha value is -2.40. The first kappa shape index (κ1) is 29.6. The van der Waals surface area contributed by atoms with Gasteiger partial charge in [-0.25, -0.2) is 14.8 Å². The van der Waals surface area contributed by atoms with Crippen LogP contribution in [0.1, 0.15) is 88.0 Å². The Balaban J connectivity index is 1.45. The second-order valence-corrected chi connectivity index (χ2v) is 13.5. The molecule has 2 saturated heterocycles. The van der Waals surface area contributed by atoms with Crippen LogP contribution in [0.3, 0.4) is 0 Å². The number of carbonyl (C=O) groups is 2. The molecule has 39 heavy (non-hydrogen) atoms. The number of amides is 2. The van der Waals surface area contributed by atoms with E-state index in [1.807, 2.05) is 67.2 Å². The van der Waals surface area contributed by atoms with Crippen LogP contribution < -0.4 is 15.7 Å². The third-order valence-electron chi connectivity index (χ3n) is 8.06. The fourth-order valence-electron chi connectivity index (χ4n) is 5.07. The highest BCUT2D eigenvalue weighted by Gasteiger charge is 2.52. The Kier molecular flexibility index (Phi) is 8.25. The number of nitrogens with zero attached hydrogens (tertiary/aromatic N) is 4. The van der Waals surface area contributed by atoms with Crippen LogP contribution in [-0.4, -0.2) is 82.0 Å². The molecule has 3 aliphatic rings. The number of hydrogen-bond acceptors (Lipinski definition) is 8. The highest BCUT2D eigenvalue weighted by molar-refractivity contribution is 6.61. The highest BCUT2D eigenvalue weighted by Crippen LogP contribution is 2.37. The number of aromatic nitrogens is 2. The summed E-state index contributed by atoms with van der Waals surface area (Å²) in [7, 11) is -0.508. The molecule has 1 N–H and O–H groups in total. The average molecular weight is 544 g/mol. The summed E-state index contributed by atoms with van der Waals surface area (Å²) in [5, 5.41) is 2.81. The van der Waals surface area contributed by atoms with Crippen molar-refractivity contribution in [1.29, 1.82) is 0 Å². The molecule has 0 spiro atoms. The van der Waals surface area contributed by atoms with Crippen LogP contribution in [0.5, 0.6) is 0 Å².